The quantitative estimate of drug-likeness (QED) is 0.0261. The zero-order valence-corrected chi connectivity index (χ0v) is 52.4. The summed E-state index contributed by atoms with van der Waals surface area (Å²) in [4.78, 5) is 38.3. The summed E-state index contributed by atoms with van der Waals surface area (Å²) in [5, 5.41) is 0. The zero-order valence-electron chi connectivity index (χ0n) is 52.4. The van der Waals surface area contributed by atoms with E-state index in [4.69, 9.17) is 14.2 Å². The predicted octanol–water partition coefficient (Wildman–Crippen LogP) is 23.4. The number of hydrogen-bond donors (Lipinski definition) is 0. The molecule has 79 heavy (non-hydrogen) atoms. The molecule has 0 aliphatic heterocycles. The number of allylic oxidation sites excluding steroid dienone is 14. The van der Waals surface area contributed by atoms with Gasteiger partial charge in [0.2, 0.25) is 0 Å². The third kappa shape index (κ3) is 65.3. The van der Waals surface area contributed by atoms with Crippen LogP contribution in [-0.4, -0.2) is 37.2 Å². The van der Waals surface area contributed by atoms with E-state index in [1.54, 1.807) is 0 Å². The molecule has 0 radical (unpaired) electrons. The molecule has 6 nitrogen and oxygen atoms in total. The van der Waals surface area contributed by atoms with Gasteiger partial charge in [-0.05, 0) is 77.0 Å². The Balaban J connectivity index is 4.19. The van der Waals surface area contributed by atoms with Gasteiger partial charge in [-0.3, -0.25) is 14.4 Å². The lowest BCUT2D eigenvalue weighted by Crippen LogP contribution is -2.30. The van der Waals surface area contributed by atoms with Gasteiger partial charge in [-0.25, -0.2) is 0 Å². The first-order valence-electron chi connectivity index (χ1n) is 34.1. The van der Waals surface area contributed by atoms with Gasteiger partial charge in [0.25, 0.3) is 0 Å². The number of hydrogen-bond acceptors (Lipinski definition) is 6. The number of esters is 3. The van der Waals surface area contributed by atoms with E-state index >= 15 is 0 Å². The van der Waals surface area contributed by atoms with Crippen molar-refractivity contribution in [2.45, 2.75) is 348 Å². The molecule has 0 rings (SSSR count). The summed E-state index contributed by atoms with van der Waals surface area (Å²) in [6, 6.07) is 0. The van der Waals surface area contributed by atoms with Crippen molar-refractivity contribution in [1.82, 2.24) is 0 Å². The summed E-state index contributed by atoms with van der Waals surface area (Å²) in [7, 11) is 0. The van der Waals surface area contributed by atoms with Gasteiger partial charge >= 0.3 is 17.9 Å². The highest BCUT2D eigenvalue weighted by atomic mass is 16.6. The monoisotopic (exact) mass is 1100 g/mol. The van der Waals surface area contributed by atoms with E-state index in [-0.39, 0.29) is 31.1 Å². The highest BCUT2D eigenvalue weighted by molar-refractivity contribution is 5.71. The Morgan fingerprint density at radius 2 is 0.494 bits per heavy atom. The topological polar surface area (TPSA) is 78.9 Å². The Labute approximate surface area is 490 Å². The molecule has 0 aliphatic carbocycles. The third-order valence-corrected chi connectivity index (χ3v) is 14.9. The molecule has 0 aromatic rings. The smallest absolute Gasteiger partial charge is 0.306 e. The van der Waals surface area contributed by atoms with Crippen LogP contribution in [0.25, 0.3) is 0 Å². The van der Waals surface area contributed by atoms with Crippen LogP contribution >= 0.6 is 0 Å². The van der Waals surface area contributed by atoms with Gasteiger partial charge in [-0.15, -0.1) is 0 Å². The van der Waals surface area contributed by atoms with Crippen molar-refractivity contribution in [3.05, 3.63) is 85.1 Å². The summed E-state index contributed by atoms with van der Waals surface area (Å²) in [5.74, 6) is -0.854. The fourth-order valence-corrected chi connectivity index (χ4v) is 9.84. The normalized spacial score (nSPS) is 12.6. The van der Waals surface area contributed by atoms with Gasteiger partial charge in [0.1, 0.15) is 13.2 Å². The maximum Gasteiger partial charge on any atom is 0.306 e. The van der Waals surface area contributed by atoms with Gasteiger partial charge < -0.3 is 14.2 Å². The molecule has 0 saturated carbocycles. The predicted molar refractivity (Wildman–Crippen MR) is 344 cm³/mol. The van der Waals surface area contributed by atoms with Crippen molar-refractivity contribution in [3.63, 3.8) is 0 Å². The van der Waals surface area contributed by atoms with Crippen LogP contribution in [0, 0.1) is 0 Å². The zero-order chi connectivity index (χ0) is 57.1. The van der Waals surface area contributed by atoms with Crippen LogP contribution in [0.15, 0.2) is 85.1 Å². The summed E-state index contributed by atoms with van der Waals surface area (Å²) in [6.45, 7) is 6.57. The molecule has 0 bridgehead atoms. The van der Waals surface area contributed by atoms with Crippen LogP contribution < -0.4 is 0 Å². The van der Waals surface area contributed by atoms with Gasteiger partial charge in [-0.2, -0.15) is 0 Å². The summed E-state index contributed by atoms with van der Waals surface area (Å²) >= 11 is 0. The average molecular weight is 1100 g/mol. The molecule has 0 aliphatic rings. The van der Waals surface area contributed by atoms with Gasteiger partial charge in [-0.1, -0.05) is 331 Å². The Morgan fingerprint density at radius 1 is 0.266 bits per heavy atom. The van der Waals surface area contributed by atoms with Crippen molar-refractivity contribution in [1.29, 1.82) is 0 Å². The van der Waals surface area contributed by atoms with Crippen LogP contribution in [0.3, 0.4) is 0 Å². The fourth-order valence-electron chi connectivity index (χ4n) is 9.84. The van der Waals surface area contributed by atoms with E-state index in [0.29, 0.717) is 19.3 Å². The van der Waals surface area contributed by atoms with E-state index in [1.165, 1.54) is 199 Å². The summed E-state index contributed by atoms with van der Waals surface area (Å²) in [6.07, 6.45) is 88.9. The van der Waals surface area contributed by atoms with E-state index in [2.05, 4.69) is 106 Å². The lowest BCUT2D eigenvalue weighted by Gasteiger charge is -2.18. The Hall–Kier alpha value is -3.41. The van der Waals surface area contributed by atoms with Crippen molar-refractivity contribution in [3.8, 4) is 0 Å². The van der Waals surface area contributed by atoms with Gasteiger partial charge in [0.15, 0.2) is 6.10 Å². The third-order valence-electron chi connectivity index (χ3n) is 14.9. The minimum absolute atomic E-state index is 0.0706. The molecule has 456 valence electrons. The molecular formula is C73H128O6. The SMILES string of the molecule is CC/C=C\C/C=C\C/C=C\C/C=C\C/C=C\C/C=C\C/C=C\CCCCCCCCCCCCCC(=O)OCC(COC(=O)CCCCCCCCCCCCCCCC)OC(=O)CCCCCCCCCCCCCCCC. The fraction of sp³-hybridized carbons (Fsp3) is 0.767. The molecule has 0 aromatic carbocycles. The van der Waals surface area contributed by atoms with Gasteiger partial charge in [0, 0.05) is 19.3 Å². The second-order valence-corrected chi connectivity index (χ2v) is 22.7. The number of rotatable bonds is 62. The van der Waals surface area contributed by atoms with E-state index in [9.17, 15) is 14.4 Å². The molecule has 0 N–H and O–H groups in total. The first kappa shape index (κ1) is 75.6. The highest BCUT2D eigenvalue weighted by Crippen LogP contribution is 2.17. The second-order valence-electron chi connectivity index (χ2n) is 22.7. The molecule has 1 unspecified atom stereocenters. The minimum atomic E-state index is -0.773. The summed E-state index contributed by atoms with van der Waals surface area (Å²) in [5.41, 5.74) is 0. The molecule has 1 atom stereocenters. The first-order chi connectivity index (χ1) is 39.0. The Kier molecular flexibility index (Phi) is 64.2. The number of carbonyl (C=O) groups excluding carboxylic acids is 3. The first-order valence-corrected chi connectivity index (χ1v) is 34.1. The second kappa shape index (κ2) is 67.1. The van der Waals surface area contributed by atoms with Gasteiger partial charge in [0.05, 0.1) is 0 Å². The maximum atomic E-state index is 12.9. The average Bonchev–Trinajstić information content (AvgIpc) is 3.45. The Bertz CT molecular complexity index is 1500. The Morgan fingerprint density at radius 3 is 0.772 bits per heavy atom. The van der Waals surface area contributed by atoms with Crippen molar-refractivity contribution in [2.75, 3.05) is 13.2 Å². The highest BCUT2D eigenvalue weighted by Gasteiger charge is 2.19. The van der Waals surface area contributed by atoms with Crippen LogP contribution in [-0.2, 0) is 28.6 Å². The molecule has 6 heteroatoms. The number of ether oxygens (including phenoxy) is 3. The van der Waals surface area contributed by atoms with E-state index < -0.39 is 6.10 Å². The number of unbranched alkanes of at least 4 members (excludes halogenated alkanes) is 37. The minimum Gasteiger partial charge on any atom is -0.462 e. The summed E-state index contributed by atoms with van der Waals surface area (Å²) < 4.78 is 16.9. The number of carbonyl (C=O) groups is 3. The maximum absolute atomic E-state index is 12.9. The van der Waals surface area contributed by atoms with Crippen molar-refractivity contribution in [2.24, 2.45) is 0 Å². The largest absolute Gasteiger partial charge is 0.462 e. The van der Waals surface area contributed by atoms with Crippen molar-refractivity contribution >= 4 is 17.9 Å². The lowest BCUT2D eigenvalue weighted by atomic mass is 10.0. The van der Waals surface area contributed by atoms with Crippen LogP contribution in [0.5, 0.6) is 0 Å². The molecule has 0 spiro atoms. The van der Waals surface area contributed by atoms with Crippen LogP contribution in [0.4, 0.5) is 0 Å². The molecule has 0 saturated heterocycles. The van der Waals surface area contributed by atoms with Crippen LogP contribution in [0.2, 0.25) is 0 Å². The van der Waals surface area contributed by atoms with E-state index in [0.717, 1.165) is 103 Å². The standard InChI is InChI=1S/C73H128O6/c1-4-7-10-13-16-19-22-25-28-29-30-31-32-33-34-35-36-37-38-39-40-41-42-43-44-45-46-49-51-54-57-60-63-66-72(75)78-69-70(79-73(76)67-64-61-58-55-52-48-27-24-21-18-15-12-9-6-3)68-77-71(74)65-62-59-56-53-50-47-26-23-20-17-14-11-8-5-2/h7,10,16,19,25,28,30-31,33-34,36-37,39-40,70H,4-6,8-9,11-15,17-18,20-24,26-27,29,32,35,38,41-69H2,1-3H3/b10-7-,19-16-,28-25-,31-30-,34-33-,37-36-,40-39-. The molecule has 0 amide bonds. The van der Waals surface area contributed by atoms with Crippen LogP contribution in [0.1, 0.15) is 342 Å². The van der Waals surface area contributed by atoms with Crippen molar-refractivity contribution < 1.29 is 28.6 Å². The molecular weight excluding hydrogens is 973 g/mol. The molecule has 0 heterocycles. The van der Waals surface area contributed by atoms with E-state index in [1.807, 2.05) is 0 Å². The molecule has 0 fully saturated rings. The lowest BCUT2D eigenvalue weighted by molar-refractivity contribution is -0.167. The molecule has 0 aromatic heterocycles.